The molecule has 0 saturated carbocycles. The van der Waals surface area contributed by atoms with Crippen molar-refractivity contribution in [2.24, 2.45) is 0 Å². The van der Waals surface area contributed by atoms with Crippen molar-refractivity contribution in [3.8, 4) is 11.5 Å². The minimum absolute atomic E-state index is 0.231. The van der Waals surface area contributed by atoms with Crippen LogP contribution in [0.1, 0.15) is 0 Å². The quantitative estimate of drug-likeness (QED) is 0.794. The zero-order valence-electron chi connectivity index (χ0n) is 10.9. The normalized spacial score (nSPS) is 11.4. The Morgan fingerprint density at radius 3 is 2.10 bits per heavy atom. The lowest BCUT2D eigenvalue weighted by Gasteiger charge is -2.02. The van der Waals surface area contributed by atoms with Gasteiger partial charge in [-0.05, 0) is 36.4 Å². The van der Waals surface area contributed by atoms with Crippen LogP contribution in [0.5, 0.6) is 11.5 Å². The van der Waals surface area contributed by atoms with E-state index in [0.717, 1.165) is 11.7 Å². The van der Waals surface area contributed by atoms with Crippen LogP contribution in [0.25, 0.3) is 0 Å². The molecule has 104 valence electrons. The first-order chi connectivity index (χ1) is 9.62. The van der Waals surface area contributed by atoms with Gasteiger partial charge in [-0.3, -0.25) is 0 Å². The Morgan fingerprint density at radius 2 is 1.50 bits per heavy atom. The average molecular weight is 290 g/mol. The second kappa shape index (κ2) is 6.25. The Bertz CT molecular complexity index is 674. The molecule has 0 unspecified atom stereocenters. The lowest BCUT2D eigenvalue weighted by molar-refractivity contribution is 0.413. The van der Waals surface area contributed by atoms with Gasteiger partial charge in [0.2, 0.25) is 9.84 Å². The van der Waals surface area contributed by atoms with E-state index in [-0.39, 0.29) is 4.90 Å². The second-order valence-corrected chi connectivity index (χ2v) is 5.76. The van der Waals surface area contributed by atoms with E-state index in [0.29, 0.717) is 11.5 Å². The summed E-state index contributed by atoms with van der Waals surface area (Å²) >= 11 is 0. The van der Waals surface area contributed by atoms with E-state index in [1.807, 2.05) is 0 Å². The van der Waals surface area contributed by atoms with Gasteiger partial charge in [0.15, 0.2) is 0 Å². The van der Waals surface area contributed by atoms with Gasteiger partial charge in [0.25, 0.3) is 0 Å². The molecule has 20 heavy (non-hydrogen) atoms. The summed E-state index contributed by atoms with van der Waals surface area (Å²) in [5.41, 5.74) is 0. The van der Waals surface area contributed by atoms with Gasteiger partial charge < -0.3 is 9.47 Å². The van der Waals surface area contributed by atoms with Crippen LogP contribution in [0.4, 0.5) is 0 Å². The summed E-state index contributed by atoms with van der Waals surface area (Å²) in [6.45, 7) is 0. The molecule has 2 aromatic carbocycles. The number of methoxy groups -OCH3 is 1. The molecule has 0 N–H and O–H groups in total. The molecule has 0 radical (unpaired) electrons. The van der Waals surface area contributed by atoms with Gasteiger partial charge in [0.1, 0.15) is 17.8 Å². The van der Waals surface area contributed by atoms with Gasteiger partial charge in [-0.25, -0.2) is 8.42 Å². The van der Waals surface area contributed by atoms with Crippen molar-refractivity contribution >= 4 is 9.84 Å². The highest BCUT2D eigenvalue weighted by atomic mass is 32.2. The number of rotatable bonds is 5. The van der Waals surface area contributed by atoms with E-state index in [1.165, 1.54) is 12.1 Å². The first kappa shape index (κ1) is 14.1. The average Bonchev–Trinajstić information content (AvgIpc) is 2.49. The molecular formula is C15H14O4S. The van der Waals surface area contributed by atoms with E-state index in [4.69, 9.17) is 9.47 Å². The molecule has 0 amide bonds. The van der Waals surface area contributed by atoms with E-state index in [9.17, 15) is 8.42 Å². The van der Waals surface area contributed by atoms with E-state index < -0.39 is 9.84 Å². The number of hydrogen-bond acceptors (Lipinski definition) is 4. The number of benzene rings is 2. The lowest BCUT2D eigenvalue weighted by Crippen LogP contribution is -1.96. The molecule has 0 aliphatic carbocycles. The van der Waals surface area contributed by atoms with E-state index in [1.54, 1.807) is 49.6 Å². The summed E-state index contributed by atoms with van der Waals surface area (Å²) in [6, 6.07) is 15.0. The number of ether oxygens (including phenoxy) is 2. The predicted octanol–water partition coefficient (Wildman–Crippen LogP) is 3.02. The van der Waals surface area contributed by atoms with Crippen LogP contribution in [0, 0.1) is 0 Å². The zero-order valence-corrected chi connectivity index (χ0v) is 11.7. The first-order valence-corrected chi connectivity index (χ1v) is 7.44. The molecule has 0 heterocycles. The summed E-state index contributed by atoms with van der Waals surface area (Å²) in [7, 11) is -1.90. The van der Waals surface area contributed by atoms with Crippen LogP contribution >= 0.6 is 0 Å². The second-order valence-electron chi connectivity index (χ2n) is 3.92. The topological polar surface area (TPSA) is 52.6 Å². The Balaban J connectivity index is 2.06. The molecule has 0 bridgehead atoms. The van der Waals surface area contributed by atoms with Gasteiger partial charge in [-0.1, -0.05) is 18.2 Å². The fourth-order valence-electron chi connectivity index (χ4n) is 1.52. The van der Waals surface area contributed by atoms with Crippen molar-refractivity contribution in [1.82, 2.24) is 0 Å². The Morgan fingerprint density at radius 1 is 0.900 bits per heavy atom. The van der Waals surface area contributed by atoms with E-state index in [2.05, 4.69) is 0 Å². The van der Waals surface area contributed by atoms with Crippen molar-refractivity contribution in [3.63, 3.8) is 0 Å². The molecule has 5 heteroatoms. The molecule has 4 nitrogen and oxygen atoms in total. The van der Waals surface area contributed by atoms with Gasteiger partial charge >= 0.3 is 0 Å². The summed E-state index contributed by atoms with van der Waals surface area (Å²) in [4.78, 5) is 0.231. The predicted molar refractivity (Wildman–Crippen MR) is 76.4 cm³/mol. The largest absolute Gasteiger partial charge is 0.497 e. The maximum atomic E-state index is 11.9. The fraction of sp³-hybridized carbons (Fsp3) is 0.0667. The maximum absolute atomic E-state index is 11.9. The highest BCUT2D eigenvalue weighted by Gasteiger charge is 2.08. The molecule has 0 spiro atoms. The zero-order chi connectivity index (χ0) is 14.4. The highest BCUT2D eigenvalue weighted by Crippen LogP contribution is 2.18. The Kier molecular flexibility index (Phi) is 4.42. The molecular weight excluding hydrogens is 276 g/mol. The SMILES string of the molecule is COc1ccc(O/C=C/S(=O)(=O)c2ccccc2)cc1. The van der Waals surface area contributed by atoms with Crippen molar-refractivity contribution in [2.45, 2.75) is 4.90 Å². The molecule has 0 aliphatic rings. The van der Waals surface area contributed by atoms with Crippen LogP contribution in [0.2, 0.25) is 0 Å². The van der Waals surface area contributed by atoms with Gasteiger partial charge in [-0.2, -0.15) is 0 Å². The summed E-state index contributed by atoms with van der Waals surface area (Å²) in [5.74, 6) is 1.24. The lowest BCUT2D eigenvalue weighted by atomic mass is 10.3. The van der Waals surface area contributed by atoms with Crippen LogP contribution in [0.15, 0.2) is 71.2 Å². The summed E-state index contributed by atoms with van der Waals surface area (Å²) < 4.78 is 34.1. The maximum Gasteiger partial charge on any atom is 0.202 e. The van der Waals surface area contributed by atoms with E-state index >= 15 is 0 Å². The monoisotopic (exact) mass is 290 g/mol. The number of sulfone groups is 1. The molecule has 0 fully saturated rings. The van der Waals surface area contributed by atoms with Crippen LogP contribution < -0.4 is 9.47 Å². The van der Waals surface area contributed by atoms with Crippen LogP contribution in [0.3, 0.4) is 0 Å². The van der Waals surface area contributed by atoms with Crippen molar-refractivity contribution in [3.05, 3.63) is 66.3 Å². The third-order valence-corrected chi connectivity index (χ3v) is 3.97. The molecule has 0 aromatic heterocycles. The molecule has 0 atom stereocenters. The Hall–Kier alpha value is -2.27. The minimum atomic E-state index is -3.47. The smallest absolute Gasteiger partial charge is 0.202 e. The van der Waals surface area contributed by atoms with Crippen molar-refractivity contribution in [2.75, 3.05) is 7.11 Å². The molecule has 2 aromatic rings. The van der Waals surface area contributed by atoms with Gasteiger partial charge in [0.05, 0.1) is 17.4 Å². The van der Waals surface area contributed by atoms with Gasteiger partial charge in [0, 0.05) is 0 Å². The highest BCUT2D eigenvalue weighted by molar-refractivity contribution is 7.94. The van der Waals surface area contributed by atoms with Crippen LogP contribution in [-0.2, 0) is 9.84 Å². The van der Waals surface area contributed by atoms with Crippen molar-refractivity contribution < 1.29 is 17.9 Å². The molecule has 2 rings (SSSR count). The third kappa shape index (κ3) is 3.61. The first-order valence-electron chi connectivity index (χ1n) is 5.89. The number of hydrogen-bond donors (Lipinski definition) is 0. The summed E-state index contributed by atoms with van der Waals surface area (Å²) in [5, 5.41) is 1.03. The summed E-state index contributed by atoms with van der Waals surface area (Å²) in [6.07, 6.45) is 1.16. The standard InChI is InChI=1S/C15H14O4S/c1-18-13-7-9-14(10-8-13)19-11-12-20(16,17)15-5-3-2-4-6-15/h2-12H,1H3/b12-11+. The van der Waals surface area contributed by atoms with Crippen LogP contribution in [-0.4, -0.2) is 15.5 Å². The third-order valence-electron chi connectivity index (χ3n) is 2.57. The minimum Gasteiger partial charge on any atom is -0.497 e. The Labute approximate surface area is 118 Å². The fourth-order valence-corrected chi connectivity index (χ4v) is 2.42. The van der Waals surface area contributed by atoms with Crippen molar-refractivity contribution in [1.29, 1.82) is 0 Å². The molecule has 0 aliphatic heterocycles. The molecule has 0 saturated heterocycles. The van der Waals surface area contributed by atoms with Gasteiger partial charge in [-0.15, -0.1) is 0 Å².